The normalized spacial score (nSPS) is 20.5. The van der Waals surface area contributed by atoms with Gasteiger partial charge < -0.3 is 10.0 Å². The molecule has 0 spiro atoms. The second-order valence-electron chi connectivity index (χ2n) is 8.54. The van der Waals surface area contributed by atoms with E-state index in [1.54, 1.807) is 83.8 Å². The lowest BCUT2D eigenvalue weighted by molar-refractivity contribution is -0.133. The predicted octanol–water partition coefficient (Wildman–Crippen LogP) is 3.30. The van der Waals surface area contributed by atoms with Gasteiger partial charge in [-0.15, -0.1) is 0 Å². The first-order chi connectivity index (χ1) is 16.9. The molecule has 1 unspecified atom stereocenters. The summed E-state index contributed by atoms with van der Waals surface area (Å²) < 4.78 is 28.3. The van der Waals surface area contributed by atoms with Crippen molar-refractivity contribution in [1.29, 1.82) is 0 Å². The quantitative estimate of drug-likeness (QED) is 0.423. The van der Waals surface area contributed by atoms with Crippen molar-refractivity contribution in [1.82, 2.24) is 9.21 Å². The van der Waals surface area contributed by atoms with Crippen LogP contribution < -0.4 is 0 Å². The fraction of sp³-hybridized carbons (Fsp3) is 0.185. The lowest BCUT2D eigenvalue weighted by atomic mass is 9.95. The number of aliphatic hydroxyl groups is 1. The van der Waals surface area contributed by atoms with E-state index in [1.807, 2.05) is 0 Å². The Morgan fingerprint density at radius 1 is 0.800 bits per heavy atom. The van der Waals surface area contributed by atoms with Gasteiger partial charge in [0.15, 0.2) is 0 Å². The van der Waals surface area contributed by atoms with Gasteiger partial charge in [0.2, 0.25) is 11.5 Å². The van der Waals surface area contributed by atoms with Gasteiger partial charge in [-0.05, 0) is 25.0 Å². The summed E-state index contributed by atoms with van der Waals surface area (Å²) in [5.74, 6) is -1.67. The Balaban J connectivity index is 1.80. The van der Waals surface area contributed by atoms with Gasteiger partial charge in [0.25, 0.3) is 15.9 Å². The fourth-order valence-electron chi connectivity index (χ4n) is 4.78. The smallest absolute Gasteiger partial charge is 0.276 e. The van der Waals surface area contributed by atoms with Crippen molar-refractivity contribution in [3.05, 3.63) is 113 Å². The molecule has 1 N–H and O–H groups in total. The molecule has 1 saturated heterocycles. The third-order valence-corrected chi connectivity index (χ3v) is 8.18. The van der Waals surface area contributed by atoms with Crippen LogP contribution in [-0.4, -0.2) is 47.5 Å². The minimum absolute atomic E-state index is 0.0135. The summed E-state index contributed by atoms with van der Waals surface area (Å²) in [5, 5.41) is 12.4. The molecular weight excluding hydrogens is 464 g/mol. The highest BCUT2D eigenvalue weighted by Crippen LogP contribution is 2.47. The van der Waals surface area contributed by atoms with Gasteiger partial charge in [0.1, 0.15) is 5.57 Å². The van der Waals surface area contributed by atoms with Crippen LogP contribution in [0.5, 0.6) is 0 Å². The maximum Gasteiger partial charge on any atom is 0.276 e. The molecule has 5 rings (SSSR count). The molecule has 0 aromatic heterocycles. The zero-order valence-corrected chi connectivity index (χ0v) is 19.7. The molecule has 1 amide bonds. The van der Waals surface area contributed by atoms with Crippen molar-refractivity contribution in [2.45, 2.75) is 23.5 Å². The highest BCUT2D eigenvalue weighted by atomic mass is 32.2. The molecule has 1 fully saturated rings. The fourth-order valence-corrected chi connectivity index (χ4v) is 6.34. The van der Waals surface area contributed by atoms with Crippen LogP contribution in [0.1, 0.15) is 28.8 Å². The number of ketones is 1. The summed E-state index contributed by atoms with van der Waals surface area (Å²) in [6.07, 6.45) is 1.58. The minimum atomic E-state index is -4.54. The van der Waals surface area contributed by atoms with Crippen molar-refractivity contribution in [3.8, 4) is 0 Å². The monoisotopic (exact) mass is 488 g/mol. The maximum atomic E-state index is 14.0. The number of nitrogens with zero attached hydrogens (tertiary/aromatic N) is 2. The van der Waals surface area contributed by atoms with Gasteiger partial charge in [-0.2, -0.15) is 4.31 Å². The van der Waals surface area contributed by atoms with E-state index in [0.29, 0.717) is 17.4 Å². The number of rotatable bonds is 6. The van der Waals surface area contributed by atoms with E-state index in [4.69, 9.17) is 0 Å². The number of carbonyl (C=O) groups is 2. The van der Waals surface area contributed by atoms with Crippen molar-refractivity contribution in [3.63, 3.8) is 0 Å². The summed E-state index contributed by atoms with van der Waals surface area (Å²) in [6, 6.07) is 23.9. The Hall–Kier alpha value is -3.75. The lowest BCUT2D eigenvalue weighted by Crippen LogP contribution is -2.51. The standard InChI is InChI=1S/C27H24N2O5S/c30-24(20-12-4-1-5-13-20)23-25(28-18-10-11-19-28)27(32,21-14-6-2-7-15-21)29(26(23)31)35(33,34)22-16-8-3-9-17-22/h1-9,12-17,32H,10-11,18-19H2. The largest absolute Gasteiger partial charge is 0.370 e. The number of amides is 1. The number of carbonyl (C=O) groups excluding carboxylic acids is 2. The van der Waals surface area contributed by atoms with E-state index in [0.717, 1.165) is 12.8 Å². The molecule has 178 valence electrons. The average Bonchev–Trinajstić information content (AvgIpc) is 3.50. The van der Waals surface area contributed by atoms with Crippen molar-refractivity contribution < 1.29 is 23.1 Å². The summed E-state index contributed by atoms with van der Waals surface area (Å²) in [6.45, 7) is 0.977. The zero-order chi connectivity index (χ0) is 24.6. The molecule has 3 aromatic carbocycles. The van der Waals surface area contributed by atoms with Crippen LogP contribution in [0, 0.1) is 0 Å². The number of likely N-dealkylation sites (tertiary alicyclic amines) is 1. The first kappa shape index (κ1) is 23.0. The summed E-state index contributed by atoms with van der Waals surface area (Å²) in [7, 11) is -4.54. The van der Waals surface area contributed by atoms with Crippen molar-refractivity contribution in [2.75, 3.05) is 13.1 Å². The van der Waals surface area contributed by atoms with Crippen LogP contribution in [0.15, 0.2) is 107 Å². The number of hydrogen-bond acceptors (Lipinski definition) is 6. The molecule has 35 heavy (non-hydrogen) atoms. The zero-order valence-electron chi connectivity index (χ0n) is 18.9. The number of hydrogen-bond donors (Lipinski definition) is 1. The molecule has 2 heterocycles. The molecule has 0 aliphatic carbocycles. The van der Waals surface area contributed by atoms with Crippen molar-refractivity contribution >= 4 is 21.7 Å². The maximum absolute atomic E-state index is 14.0. The van der Waals surface area contributed by atoms with E-state index < -0.39 is 27.4 Å². The van der Waals surface area contributed by atoms with Crippen LogP contribution >= 0.6 is 0 Å². The molecule has 1 atom stereocenters. The van der Waals surface area contributed by atoms with Crippen LogP contribution in [0.4, 0.5) is 0 Å². The first-order valence-corrected chi connectivity index (χ1v) is 12.8. The Morgan fingerprint density at radius 2 is 1.31 bits per heavy atom. The highest BCUT2D eigenvalue weighted by Gasteiger charge is 2.60. The van der Waals surface area contributed by atoms with Crippen LogP contribution in [0.2, 0.25) is 0 Å². The molecule has 7 nitrogen and oxygen atoms in total. The first-order valence-electron chi connectivity index (χ1n) is 11.4. The van der Waals surface area contributed by atoms with E-state index in [1.165, 1.54) is 12.1 Å². The van der Waals surface area contributed by atoms with Gasteiger partial charge in [0.05, 0.1) is 10.6 Å². The third-order valence-electron chi connectivity index (χ3n) is 6.40. The van der Waals surface area contributed by atoms with Crippen LogP contribution in [0.3, 0.4) is 0 Å². The summed E-state index contributed by atoms with van der Waals surface area (Å²) >= 11 is 0. The second kappa shape index (κ2) is 8.79. The predicted molar refractivity (Wildman–Crippen MR) is 129 cm³/mol. The molecule has 0 saturated carbocycles. The van der Waals surface area contributed by atoms with E-state index in [-0.39, 0.29) is 27.3 Å². The molecule has 8 heteroatoms. The SMILES string of the molecule is O=C(C1=C(N2CCCC2)C(O)(c2ccccc2)N(S(=O)(=O)c2ccccc2)C1=O)c1ccccc1. The Morgan fingerprint density at radius 3 is 1.89 bits per heavy atom. The number of benzene rings is 3. The highest BCUT2D eigenvalue weighted by molar-refractivity contribution is 7.89. The summed E-state index contributed by atoms with van der Waals surface area (Å²) in [4.78, 5) is 29.3. The molecule has 0 radical (unpaired) electrons. The third kappa shape index (κ3) is 3.66. The van der Waals surface area contributed by atoms with Gasteiger partial charge in [-0.3, -0.25) is 9.59 Å². The Bertz CT molecular complexity index is 1400. The Kier molecular flexibility index (Phi) is 5.78. The second-order valence-corrected chi connectivity index (χ2v) is 10.3. The molecular formula is C27H24N2O5S. The van der Waals surface area contributed by atoms with Crippen LogP contribution in [0.25, 0.3) is 0 Å². The van der Waals surface area contributed by atoms with Gasteiger partial charge in [0, 0.05) is 24.2 Å². The van der Waals surface area contributed by atoms with Crippen LogP contribution in [-0.2, 0) is 20.5 Å². The molecule has 2 aliphatic rings. The number of sulfonamides is 1. The summed E-state index contributed by atoms with van der Waals surface area (Å²) in [5.41, 5.74) is -2.28. The Labute approximate surface area is 204 Å². The lowest BCUT2D eigenvalue weighted by Gasteiger charge is -2.38. The topological polar surface area (TPSA) is 95.0 Å². The van der Waals surface area contributed by atoms with Gasteiger partial charge >= 0.3 is 0 Å². The van der Waals surface area contributed by atoms with E-state index in [2.05, 4.69) is 0 Å². The number of Topliss-reactive ketones (excluding diaryl/α,β-unsaturated/α-hetero) is 1. The molecule has 2 aliphatic heterocycles. The van der Waals surface area contributed by atoms with E-state index >= 15 is 0 Å². The van der Waals surface area contributed by atoms with E-state index in [9.17, 15) is 23.1 Å². The van der Waals surface area contributed by atoms with Crippen molar-refractivity contribution in [2.24, 2.45) is 0 Å². The van der Waals surface area contributed by atoms with Gasteiger partial charge in [-0.25, -0.2) is 8.42 Å². The average molecular weight is 489 g/mol. The molecule has 3 aromatic rings. The molecule has 0 bridgehead atoms. The van der Waals surface area contributed by atoms with Gasteiger partial charge in [-0.1, -0.05) is 78.9 Å². The minimum Gasteiger partial charge on any atom is -0.370 e.